The SMILES string of the molecule is CS(=O)(=O)c1ccc(Cl)c(NC(=O)c2sc3cc(F)ccc3c2Cl)c1. The fourth-order valence-electron chi connectivity index (χ4n) is 2.19. The summed E-state index contributed by atoms with van der Waals surface area (Å²) in [5.74, 6) is -0.986. The van der Waals surface area contributed by atoms with Crippen LogP contribution >= 0.6 is 34.5 Å². The van der Waals surface area contributed by atoms with Gasteiger partial charge >= 0.3 is 0 Å². The van der Waals surface area contributed by atoms with E-state index in [1.165, 1.54) is 36.4 Å². The van der Waals surface area contributed by atoms with E-state index in [-0.39, 0.29) is 25.5 Å². The average Bonchev–Trinajstić information content (AvgIpc) is 2.84. The highest BCUT2D eigenvalue weighted by atomic mass is 35.5. The standard InChI is InChI=1S/C16H10Cl2FNO3S2/c1-25(22,23)9-3-5-11(17)12(7-9)20-16(21)15-14(18)10-4-2-8(19)6-13(10)24-15/h2-7H,1H3,(H,20,21). The number of carbonyl (C=O) groups excluding carboxylic acids is 1. The number of fused-ring (bicyclic) bond motifs is 1. The number of carbonyl (C=O) groups is 1. The van der Waals surface area contributed by atoms with Crippen LogP contribution in [-0.2, 0) is 9.84 Å². The van der Waals surface area contributed by atoms with Gasteiger partial charge in [0.25, 0.3) is 5.91 Å². The van der Waals surface area contributed by atoms with Crippen molar-refractivity contribution in [2.75, 3.05) is 11.6 Å². The van der Waals surface area contributed by atoms with Gasteiger partial charge in [0.1, 0.15) is 10.7 Å². The van der Waals surface area contributed by atoms with Crippen LogP contribution in [0.5, 0.6) is 0 Å². The van der Waals surface area contributed by atoms with Gasteiger partial charge in [-0.05, 0) is 36.4 Å². The third-order valence-electron chi connectivity index (χ3n) is 3.41. The molecule has 0 spiro atoms. The van der Waals surface area contributed by atoms with Crippen LogP contribution in [0.3, 0.4) is 0 Å². The summed E-state index contributed by atoms with van der Waals surface area (Å²) < 4.78 is 37.1. The number of thiophene rings is 1. The Balaban J connectivity index is 1.99. The fraction of sp³-hybridized carbons (Fsp3) is 0.0625. The molecule has 0 aliphatic heterocycles. The van der Waals surface area contributed by atoms with Gasteiger partial charge in [-0.2, -0.15) is 0 Å². The molecule has 0 saturated heterocycles. The number of anilines is 1. The van der Waals surface area contributed by atoms with Crippen molar-refractivity contribution in [1.29, 1.82) is 0 Å². The van der Waals surface area contributed by atoms with E-state index in [0.717, 1.165) is 17.6 Å². The predicted molar refractivity (Wildman–Crippen MR) is 99.3 cm³/mol. The minimum absolute atomic E-state index is 0.0247. The quantitative estimate of drug-likeness (QED) is 0.651. The van der Waals surface area contributed by atoms with E-state index in [2.05, 4.69) is 5.32 Å². The lowest BCUT2D eigenvalue weighted by Crippen LogP contribution is -2.11. The second-order valence-corrected chi connectivity index (χ2v) is 9.11. The summed E-state index contributed by atoms with van der Waals surface area (Å²) in [5, 5.41) is 3.50. The van der Waals surface area contributed by atoms with Crippen molar-refractivity contribution in [2.24, 2.45) is 0 Å². The van der Waals surface area contributed by atoms with E-state index in [9.17, 15) is 17.6 Å². The second-order valence-electron chi connectivity index (χ2n) is 5.25. The number of hydrogen-bond acceptors (Lipinski definition) is 4. The molecule has 0 fully saturated rings. The number of halogens is 3. The summed E-state index contributed by atoms with van der Waals surface area (Å²) in [6.45, 7) is 0. The van der Waals surface area contributed by atoms with E-state index < -0.39 is 21.6 Å². The van der Waals surface area contributed by atoms with Gasteiger partial charge in [0.2, 0.25) is 0 Å². The van der Waals surface area contributed by atoms with Crippen molar-refractivity contribution in [3.63, 3.8) is 0 Å². The fourth-order valence-corrected chi connectivity index (χ4v) is 4.44. The predicted octanol–water partition coefficient (Wildman–Crippen LogP) is 5.00. The van der Waals surface area contributed by atoms with Gasteiger partial charge in [-0.1, -0.05) is 23.2 Å². The van der Waals surface area contributed by atoms with Crippen LogP contribution in [0.25, 0.3) is 10.1 Å². The molecule has 3 aromatic rings. The number of rotatable bonds is 3. The van der Waals surface area contributed by atoms with Crippen molar-refractivity contribution in [1.82, 2.24) is 0 Å². The molecule has 130 valence electrons. The largest absolute Gasteiger partial charge is 0.320 e. The molecule has 0 radical (unpaired) electrons. The van der Waals surface area contributed by atoms with Gasteiger partial charge in [0.15, 0.2) is 9.84 Å². The Labute approximate surface area is 157 Å². The van der Waals surface area contributed by atoms with Crippen LogP contribution < -0.4 is 5.32 Å². The summed E-state index contributed by atoms with van der Waals surface area (Å²) in [5.41, 5.74) is 0.147. The van der Waals surface area contributed by atoms with Crippen LogP contribution in [0.1, 0.15) is 9.67 Å². The monoisotopic (exact) mass is 417 g/mol. The molecule has 25 heavy (non-hydrogen) atoms. The molecule has 0 saturated carbocycles. The average molecular weight is 418 g/mol. The molecular formula is C16H10Cl2FNO3S2. The van der Waals surface area contributed by atoms with Crippen LogP contribution in [-0.4, -0.2) is 20.6 Å². The Morgan fingerprint density at radius 1 is 1.16 bits per heavy atom. The maximum Gasteiger partial charge on any atom is 0.267 e. The van der Waals surface area contributed by atoms with E-state index >= 15 is 0 Å². The maximum atomic E-state index is 13.3. The van der Waals surface area contributed by atoms with E-state index in [1.54, 1.807) is 0 Å². The van der Waals surface area contributed by atoms with Crippen molar-refractivity contribution in [3.05, 3.63) is 57.1 Å². The molecule has 0 aliphatic carbocycles. The summed E-state index contributed by atoms with van der Waals surface area (Å²) in [4.78, 5) is 12.7. The minimum Gasteiger partial charge on any atom is -0.320 e. The van der Waals surface area contributed by atoms with E-state index in [4.69, 9.17) is 23.2 Å². The first-order valence-electron chi connectivity index (χ1n) is 6.85. The number of benzene rings is 2. The lowest BCUT2D eigenvalue weighted by Gasteiger charge is -2.08. The second kappa shape index (κ2) is 6.57. The molecule has 3 rings (SSSR count). The highest BCUT2D eigenvalue weighted by molar-refractivity contribution is 7.90. The van der Waals surface area contributed by atoms with E-state index in [1.807, 2.05) is 0 Å². The smallest absolute Gasteiger partial charge is 0.267 e. The zero-order chi connectivity index (χ0) is 18.4. The molecular weight excluding hydrogens is 408 g/mol. The Kier molecular flexibility index (Phi) is 4.76. The molecule has 1 heterocycles. The Hall–Kier alpha value is -1.67. The van der Waals surface area contributed by atoms with Gasteiger partial charge in [-0.3, -0.25) is 4.79 Å². The summed E-state index contributed by atoms with van der Waals surface area (Å²) in [6.07, 6.45) is 1.05. The number of amides is 1. The van der Waals surface area contributed by atoms with Crippen molar-refractivity contribution >= 4 is 66.1 Å². The zero-order valence-electron chi connectivity index (χ0n) is 12.6. The number of nitrogens with one attached hydrogen (secondary N) is 1. The molecule has 0 atom stereocenters. The van der Waals surface area contributed by atoms with Crippen LogP contribution in [0.4, 0.5) is 10.1 Å². The number of hydrogen-bond donors (Lipinski definition) is 1. The first kappa shape index (κ1) is 18.1. The highest BCUT2D eigenvalue weighted by Crippen LogP contribution is 2.36. The summed E-state index contributed by atoms with van der Waals surface area (Å²) in [7, 11) is -3.45. The topological polar surface area (TPSA) is 63.2 Å². The normalized spacial score (nSPS) is 11.7. The Bertz CT molecular complexity index is 1110. The van der Waals surface area contributed by atoms with Gasteiger partial charge < -0.3 is 5.32 Å². The Morgan fingerprint density at radius 2 is 1.88 bits per heavy atom. The molecule has 1 aromatic heterocycles. The first-order valence-corrected chi connectivity index (χ1v) is 10.3. The molecule has 0 unspecified atom stereocenters. The lowest BCUT2D eigenvalue weighted by molar-refractivity contribution is 0.103. The molecule has 1 amide bonds. The molecule has 9 heteroatoms. The van der Waals surface area contributed by atoms with Gasteiger partial charge in [0, 0.05) is 16.3 Å². The maximum absolute atomic E-state index is 13.3. The number of sulfone groups is 1. The van der Waals surface area contributed by atoms with Crippen LogP contribution in [0, 0.1) is 5.82 Å². The molecule has 0 aliphatic rings. The lowest BCUT2D eigenvalue weighted by atomic mass is 10.2. The molecule has 0 bridgehead atoms. The van der Waals surface area contributed by atoms with Gasteiger partial charge in [-0.25, -0.2) is 12.8 Å². The van der Waals surface area contributed by atoms with Crippen molar-refractivity contribution in [2.45, 2.75) is 4.90 Å². The highest BCUT2D eigenvalue weighted by Gasteiger charge is 2.19. The van der Waals surface area contributed by atoms with Crippen LogP contribution in [0.15, 0.2) is 41.3 Å². The molecule has 4 nitrogen and oxygen atoms in total. The molecule has 1 N–H and O–H groups in total. The minimum atomic E-state index is -3.45. The summed E-state index contributed by atoms with van der Waals surface area (Å²) in [6, 6.07) is 8.06. The van der Waals surface area contributed by atoms with E-state index in [0.29, 0.717) is 10.1 Å². The Morgan fingerprint density at radius 3 is 2.56 bits per heavy atom. The third-order valence-corrected chi connectivity index (χ3v) is 6.51. The van der Waals surface area contributed by atoms with Gasteiger partial charge in [0.05, 0.1) is 20.6 Å². The zero-order valence-corrected chi connectivity index (χ0v) is 15.8. The summed E-state index contributed by atoms with van der Waals surface area (Å²) >= 11 is 13.3. The third kappa shape index (κ3) is 3.64. The van der Waals surface area contributed by atoms with Gasteiger partial charge in [-0.15, -0.1) is 11.3 Å². The molecule has 2 aromatic carbocycles. The van der Waals surface area contributed by atoms with Crippen LogP contribution in [0.2, 0.25) is 10.0 Å². The van der Waals surface area contributed by atoms with Crippen molar-refractivity contribution < 1.29 is 17.6 Å². The van der Waals surface area contributed by atoms with Crippen molar-refractivity contribution in [3.8, 4) is 0 Å². The first-order chi connectivity index (χ1) is 11.7.